The molecular weight excluding hydrogens is 175 g/mol. The molecule has 0 aromatic heterocycles. The monoisotopic (exact) mass is 188 g/mol. The maximum absolute atomic E-state index is 2.49. The minimum absolute atomic E-state index is 0. The van der Waals surface area contributed by atoms with Crippen LogP contribution in [0.3, 0.4) is 0 Å². The Morgan fingerprint density at radius 3 is 2.00 bits per heavy atom. The van der Waals surface area contributed by atoms with Crippen LogP contribution in [-0.4, -0.2) is 24.5 Å². The van der Waals surface area contributed by atoms with E-state index in [-0.39, 0.29) is 32.7 Å². The fourth-order valence-electron chi connectivity index (χ4n) is 1.10. The Morgan fingerprint density at radius 1 is 1.25 bits per heavy atom. The van der Waals surface area contributed by atoms with Crippen molar-refractivity contribution in [3.63, 3.8) is 0 Å². The molecule has 1 rings (SSSR count). The number of likely N-dealkylation sites (tertiary alicyclic amines) is 1. The van der Waals surface area contributed by atoms with Crippen molar-refractivity contribution in [1.82, 2.24) is 4.90 Å². The van der Waals surface area contributed by atoms with E-state index in [1.165, 1.54) is 32.5 Å². The number of rotatable bonds is 1. The molecule has 0 N–H and O–H groups in total. The molecule has 0 amide bonds. The van der Waals surface area contributed by atoms with Crippen LogP contribution in [0.25, 0.3) is 0 Å². The summed E-state index contributed by atoms with van der Waals surface area (Å²) in [5.74, 6) is 0. The van der Waals surface area contributed by atoms with Crippen LogP contribution in [0.5, 0.6) is 0 Å². The van der Waals surface area contributed by atoms with E-state index < -0.39 is 0 Å². The summed E-state index contributed by atoms with van der Waals surface area (Å²) in [6.07, 6.45) is 2.85. The quantitative estimate of drug-likeness (QED) is 0.595. The minimum atomic E-state index is 0. The van der Waals surface area contributed by atoms with Gasteiger partial charge in [0.25, 0.3) is 0 Å². The normalized spacial score (nSPS) is 20.6. The summed E-state index contributed by atoms with van der Waals surface area (Å²) in [7, 11) is 0. The minimum Gasteiger partial charge on any atom is -0.304 e. The fraction of sp³-hybridized carbons (Fsp3) is 1.00. The van der Waals surface area contributed by atoms with Gasteiger partial charge in [0.15, 0.2) is 0 Å². The smallest absolute Gasteiger partial charge is 0 e. The summed E-state index contributed by atoms with van der Waals surface area (Å²) in [4.78, 5) is 2.49. The first kappa shape index (κ1) is 9.06. The molecule has 1 nitrogen and oxygen atoms in total. The van der Waals surface area contributed by atoms with Gasteiger partial charge in [0, 0.05) is 32.7 Å². The van der Waals surface area contributed by atoms with E-state index in [9.17, 15) is 0 Å². The third kappa shape index (κ3) is 2.56. The third-order valence-electron chi connectivity index (χ3n) is 1.65. The summed E-state index contributed by atoms with van der Waals surface area (Å²) in [5.41, 5.74) is 0. The third-order valence-corrected chi connectivity index (χ3v) is 1.65. The summed E-state index contributed by atoms with van der Waals surface area (Å²) in [5, 5.41) is 0. The predicted octanol–water partition coefficient (Wildman–Crippen LogP) is 1.10. The van der Waals surface area contributed by atoms with E-state index in [0.29, 0.717) is 0 Å². The fourth-order valence-corrected chi connectivity index (χ4v) is 1.10. The van der Waals surface area contributed by atoms with Gasteiger partial charge in [0.1, 0.15) is 0 Å². The van der Waals surface area contributed by atoms with Gasteiger partial charge in [-0.25, -0.2) is 0 Å². The van der Waals surface area contributed by atoms with Crippen molar-refractivity contribution >= 4 is 0 Å². The first-order chi connectivity index (χ1) is 3.43. The molecule has 45 valence electrons. The van der Waals surface area contributed by atoms with Gasteiger partial charge in [-0.2, -0.15) is 0 Å². The van der Waals surface area contributed by atoms with Crippen LogP contribution in [0, 0.1) is 0 Å². The van der Waals surface area contributed by atoms with Crippen molar-refractivity contribution in [1.29, 1.82) is 0 Å². The number of nitrogens with zero attached hydrogens (tertiary/aromatic N) is 1. The van der Waals surface area contributed by atoms with Crippen molar-refractivity contribution in [2.45, 2.75) is 19.8 Å². The largest absolute Gasteiger partial charge is 0.304 e. The van der Waals surface area contributed by atoms with E-state index in [4.69, 9.17) is 0 Å². The van der Waals surface area contributed by atoms with Crippen LogP contribution < -0.4 is 0 Å². The van der Waals surface area contributed by atoms with Crippen LogP contribution in [0.4, 0.5) is 0 Å². The maximum atomic E-state index is 2.49. The molecule has 0 unspecified atom stereocenters. The molecule has 0 bridgehead atoms. The van der Waals surface area contributed by atoms with Gasteiger partial charge in [0.2, 0.25) is 0 Å². The Balaban J connectivity index is 0.000000490. The van der Waals surface area contributed by atoms with Crippen LogP contribution in [0.2, 0.25) is 0 Å². The van der Waals surface area contributed by atoms with Gasteiger partial charge in [0.05, 0.1) is 0 Å². The second kappa shape index (κ2) is 4.90. The van der Waals surface area contributed by atoms with Crippen molar-refractivity contribution in [2.75, 3.05) is 19.6 Å². The molecule has 0 atom stereocenters. The Morgan fingerprint density at radius 2 is 1.75 bits per heavy atom. The summed E-state index contributed by atoms with van der Waals surface area (Å²) in [6, 6.07) is 0. The Labute approximate surface area is 76.7 Å². The maximum Gasteiger partial charge on any atom is 0 e. The molecule has 0 spiro atoms. The second-order valence-corrected chi connectivity index (χ2v) is 2.14. The van der Waals surface area contributed by atoms with Crippen LogP contribution in [-0.2, 0) is 32.7 Å². The van der Waals surface area contributed by atoms with Crippen LogP contribution in [0.15, 0.2) is 0 Å². The van der Waals surface area contributed by atoms with Crippen LogP contribution >= 0.6 is 0 Å². The van der Waals surface area contributed by atoms with E-state index in [1.54, 1.807) is 0 Å². The summed E-state index contributed by atoms with van der Waals surface area (Å²) >= 11 is 0. The standard InChI is InChI=1S/C6H13N.Y/c1-2-7-5-3-4-6-7;/h2-6H2,1H3;. The Bertz CT molecular complexity index is 50.5. The van der Waals surface area contributed by atoms with Gasteiger partial charge in [-0.3, -0.25) is 0 Å². The zero-order valence-corrected chi connectivity index (χ0v) is 8.40. The summed E-state index contributed by atoms with van der Waals surface area (Å²) in [6.45, 7) is 6.16. The molecule has 8 heavy (non-hydrogen) atoms. The number of hydrogen-bond donors (Lipinski definition) is 0. The van der Waals surface area contributed by atoms with Gasteiger partial charge in [-0.05, 0) is 32.5 Å². The van der Waals surface area contributed by atoms with Crippen molar-refractivity contribution < 1.29 is 32.7 Å². The average molecular weight is 188 g/mol. The molecule has 0 aromatic rings. The van der Waals surface area contributed by atoms with E-state index >= 15 is 0 Å². The zero-order valence-electron chi connectivity index (χ0n) is 5.56. The van der Waals surface area contributed by atoms with Crippen LogP contribution in [0.1, 0.15) is 19.8 Å². The Kier molecular flexibility index (Phi) is 5.55. The number of hydrogen-bond acceptors (Lipinski definition) is 1. The molecular formula is C6H13NY. The van der Waals surface area contributed by atoms with E-state index in [1.807, 2.05) is 0 Å². The molecule has 2 heteroatoms. The van der Waals surface area contributed by atoms with E-state index in [2.05, 4.69) is 11.8 Å². The van der Waals surface area contributed by atoms with Crippen molar-refractivity contribution in [3.05, 3.63) is 0 Å². The van der Waals surface area contributed by atoms with Gasteiger partial charge < -0.3 is 4.90 Å². The molecule has 1 radical (unpaired) electrons. The molecule has 0 aliphatic carbocycles. The Hall–Kier alpha value is 1.06. The average Bonchev–Trinajstić information content (AvgIpc) is 2.14. The molecule has 1 fully saturated rings. The van der Waals surface area contributed by atoms with Gasteiger partial charge >= 0.3 is 0 Å². The van der Waals surface area contributed by atoms with Crippen molar-refractivity contribution in [3.8, 4) is 0 Å². The molecule has 1 aliphatic heterocycles. The predicted molar refractivity (Wildman–Crippen MR) is 31.3 cm³/mol. The molecule has 0 saturated carbocycles. The molecule has 1 heterocycles. The second-order valence-electron chi connectivity index (χ2n) is 2.14. The SMILES string of the molecule is CCN1CCCC1.[Y]. The first-order valence-electron chi connectivity index (χ1n) is 3.16. The van der Waals surface area contributed by atoms with Crippen molar-refractivity contribution in [2.24, 2.45) is 0 Å². The topological polar surface area (TPSA) is 3.24 Å². The molecule has 0 aromatic carbocycles. The summed E-state index contributed by atoms with van der Waals surface area (Å²) < 4.78 is 0. The van der Waals surface area contributed by atoms with Gasteiger partial charge in [-0.15, -0.1) is 0 Å². The zero-order chi connectivity index (χ0) is 5.11. The molecule has 1 saturated heterocycles. The molecule has 1 aliphatic rings. The first-order valence-corrected chi connectivity index (χ1v) is 3.16. The van der Waals surface area contributed by atoms with E-state index in [0.717, 1.165) is 0 Å². The van der Waals surface area contributed by atoms with Gasteiger partial charge in [-0.1, -0.05) is 6.92 Å².